The SMILES string of the molecule is COc1ccccc1/C=C/C(=O)N1CCN(S(=O)(=O)c2ccc(F)c(F)c2F)CC1. The second-order valence-electron chi connectivity index (χ2n) is 6.48. The van der Waals surface area contributed by atoms with E-state index in [9.17, 15) is 26.4 Å². The molecule has 6 nitrogen and oxygen atoms in total. The van der Waals surface area contributed by atoms with Crippen LogP contribution in [0.3, 0.4) is 0 Å². The van der Waals surface area contributed by atoms with Crippen LogP contribution in [0.4, 0.5) is 13.2 Å². The van der Waals surface area contributed by atoms with Gasteiger partial charge in [-0.05, 0) is 24.3 Å². The van der Waals surface area contributed by atoms with E-state index in [1.54, 1.807) is 30.3 Å². The lowest BCUT2D eigenvalue weighted by atomic mass is 10.2. The smallest absolute Gasteiger partial charge is 0.246 e. The van der Waals surface area contributed by atoms with E-state index in [2.05, 4.69) is 0 Å². The number of methoxy groups -OCH3 is 1. The van der Waals surface area contributed by atoms with Crippen LogP contribution < -0.4 is 4.74 Å². The van der Waals surface area contributed by atoms with E-state index in [1.807, 2.05) is 0 Å². The predicted molar refractivity (Wildman–Crippen MR) is 104 cm³/mol. The zero-order valence-electron chi connectivity index (χ0n) is 16.0. The third kappa shape index (κ3) is 4.34. The predicted octanol–water partition coefficient (Wildman–Crippen LogP) is 2.66. The summed E-state index contributed by atoms with van der Waals surface area (Å²) >= 11 is 0. The number of halogens is 3. The second kappa shape index (κ2) is 8.88. The Morgan fingerprint density at radius 2 is 1.67 bits per heavy atom. The summed E-state index contributed by atoms with van der Waals surface area (Å²) in [6, 6.07) is 8.39. The molecule has 0 unspecified atom stereocenters. The van der Waals surface area contributed by atoms with Crippen LogP contribution in [0.2, 0.25) is 0 Å². The van der Waals surface area contributed by atoms with Crippen LogP contribution in [0.15, 0.2) is 47.4 Å². The van der Waals surface area contributed by atoms with Crippen LogP contribution in [-0.4, -0.2) is 56.8 Å². The number of ether oxygens (including phenoxy) is 1. The molecule has 0 aliphatic carbocycles. The van der Waals surface area contributed by atoms with Crippen LogP contribution in [0.25, 0.3) is 6.08 Å². The summed E-state index contributed by atoms with van der Waals surface area (Å²) in [5.41, 5.74) is 0.711. The maximum Gasteiger partial charge on any atom is 0.246 e. The Morgan fingerprint density at radius 1 is 1.00 bits per heavy atom. The highest BCUT2D eigenvalue weighted by atomic mass is 32.2. The first-order valence-corrected chi connectivity index (χ1v) is 10.4. The molecule has 0 radical (unpaired) electrons. The number of hydrogen-bond donors (Lipinski definition) is 0. The van der Waals surface area contributed by atoms with Crippen molar-refractivity contribution in [3.8, 4) is 5.75 Å². The molecule has 2 aromatic rings. The van der Waals surface area contributed by atoms with Crippen molar-refractivity contribution in [2.75, 3.05) is 33.3 Å². The molecule has 1 aliphatic rings. The molecule has 0 aromatic heterocycles. The van der Waals surface area contributed by atoms with Gasteiger partial charge < -0.3 is 9.64 Å². The lowest BCUT2D eigenvalue weighted by Gasteiger charge is -2.33. The Hall–Kier alpha value is -2.85. The van der Waals surface area contributed by atoms with Gasteiger partial charge in [-0.2, -0.15) is 4.31 Å². The molecule has 1 aliphatic heterocycles. The Labute approximate surface area is 172 Å². The van der Waals surface area contributed by atoms with Gasteiger partial charge >= 0.3 is 0 Å². The van der Waals surface area contributed by atoms with Crippen molar-refractivity contribution in [1.82, 2.24) is 9.21 Å². The third-order valence-corrected chi connectivity index (χ3v) is 6.63. The molecule has 1 heterocycles. The Kier molecular flexibility index (Phi) is 6.47. The fourth-order valence-electron chi connectivity index (χ4n) is 3.07. The van der Waals surface area contributed by atoms with E-state index in [4.69, 9.17) is 4.74 Å². The highest BCUT2D eigenvalue weighted by Gasteiger charge is 2.33. The van der Waals surface area contributed by atoms with Gasteiger partial charge in [0.2, 0.25) is 15.9 Å². The largest absolute Gasteiger partial charge is 0.496 e. The van der Waals surface area contributed by atoms with Crippen molar-refractivity contribution in [2.45, 2.75) is 4.90 Å². The molecular weight excluding hydrogens is 421 g/mol. The number of benzene rings is 2. The van der Waals surface area contributed by atoms with Gasteiger partial charge in [-0.1, -0.05) is 18.2 Å². The van der Waals surface area contributed by atoms with E-state index in [0.717, 1.165) is 4.31 Å². The van der Waals surface area contributed by atoms with Gasteiger partial charge in [-0.25, -0.2) is 21.6 Å². The number of nitrogens with zero attached hydrogens (tertiary/aromatic N) is 2. The van der Waals surface area contributed by atoms with Crippen molar-refractivity contribution < 1.29 is 31.1 Å². The number of amides is 1. The fourth-order valence-corrected chi connectivity index (χ4v) is 4.54. The molecule has 2 aromatic carbocycles. The van der Waals surface area contributed by atoms with Crippen molar-refractivity contribution in [2.24, 2.45) is 0 Å². The second-order valence-corrected chi connectivity index (χ2v) is 8.38. The number of piperazine rings is 1. The molecular formula is C20H19F3N2O4S. The Balaban J connectivity index is 1.68. The molecule has 30 heavy (non-hydrogen) atoms. The average Bonchev–Trinajstić information content (AvgIpc) is 2.76. The van der Waals surface area contributed by atoms with Crippen LogP contribution in [-0.2, 0) is 14.8 Å². The van der Waals surface area contributed by atoms with E-state index < -0.39 is 32.4 Å². The maximum atomic E-state index is 13.9. The Morgan fingerprint density at radius 3 is 2.33 bits per heavy atom. The van der Waals surface area contributed by atoms with Crippen molar-refractivity contribution >= 4 is 22.0 Å². The van der Waals surface area contributed by atoms with Crippen molar-refractivity contribution in [1.29, 1.82) is 0 Å². The molecule has 0 saturated carbocycles. The van der Waals surface area contributed by atoms with Crippen LogP contribution in [0.5, 0.6) is 5.75 Å². The lowest BCUT2D eigenvalue weighted by Crippen LogP contribution is -2.50. The summed E-state index contributed by atoms with van der Waals surface area (Å²) in [5.74, 6) is -4.79. The molecule has 0 bridgehead atoms. The highest BCUT2D eigenvalue weighted by Crippen LogP contribution is 2.24. The lowest BCUT2D eigenvalue weighted by molar-refractivity contribution is -0.127. The molecule has 10 heteroatoms. The average molecular weight is 440 g/mol. The summed E-state index contributed by atoms with van der Waals surface area (Å²) in [6.45, 7) is -0.0662. The summed E-state index contributed by atoms with van der Waals surface area (Å²) in [4.78, 5) is 12.9. The molecule has 3 rings (SSSR count). The van der Waals surface area contributed by atoms with Gasteiger partial charge in [0.15, 0.2) is 17.5 Å². The fraction of sp³-hybridized carbons (Fsp3) is 0.250. The molecule has 0 atom stereocenters. The topological polar surface area (TPSA) is 66.9 Å². The zero-order valence-corrected chi connectivity index (χ0v) is 16.8. The number of sulfonamides is 1. The van der Waals surface area contributed by atoms with E-state index >= 15 is 0 Å². The standard InChI is InChI=1S/C20H19F3N2O4S/c1-29-16-5-3-2-4-14(16)6-9-18(26)24-10-12-25(13-11-24)30(27,28)17-8-7-15(21)19(22)20(17)23/h2-9H,10-13H2,1H3/b9-6+. The van der Waals surface area contributed by atoms with Gasteiger partial charge in [0.25, 0.3) is 0 Å². The summed E-state index contributed by atoms with van der Waals surface area (Å²) in [7, 11) is -2.85. The van der Waals surface area contributed by atoms with E-state index in [-0.39, 0.29) is 32.1 Å². The minimum atomic E-state index is -4.37. The van der Waals surface area contributed by atoms with Gasteiger partial charge in [0, 0.05) is 37.8 Å². The first-order chi connectivity index (χ1) is 14.3. The zero-order chi connectivity index (χ0) is 21.9. The van der Waals surface area contributed by atoms with Crippen LogP contribution in [0, 0.1) is 17.5 Å². The molecule has 0 N–H and O–H groups in total. The number of hydrogen-bond acceptors (Lipinski definition) is 4. The third-order valence-electron chi connectivity index (χ3n) is 4.71. The first-order valence-electron chi connectivity index (χ1n) is 8.99. The monoisotopic (exact) mass is 440 g/mol. The van der Waals surface area contributed by atoms with Crippen LogP contribution >= 0.6 is 0 Å². The molecule has 1 saturated heterocycles. The molecule has 1 amide bonds. The molecule has 160 valence electrons. The van der Waals surface area contributed by atoms with Gasteiger partial charge in [0.05, 0.1) is 7.11 Å². The van der Waals surface area contributed by atoms with Gasteiger partial charge in [-0.15, -0.1) is 0 Å². The highest BCUT2D eigenvalue weighted by molar-refractivity contribution is 7.89. The quantitative estimate of drug-likeness (QED) is 0.530. The number of rotatable bonds is 5. The number of para-hydroxylation sites is 1. The Bertz CT molecular complexity index is 1080. The summed E-state index contributed by atoms with van der Waals surface area (Å²) in [5, 5.41) is 0. The van der Waals surface area contributed by atoms with Crippen molar-refractivity contribution in [3.05, 3.63) is 65.5 Å². The molecule has 0 spiro atoms. The summed E-state index contributed by atoms with van der Waals surface area (Å²) < 4.78 is 71.8. The first kappa shape index (κ1) is 21.8. The summed E-state index contributed by atoms with van der Waals surface area (Å²) in [6.07, 6.45) is 2.96. The van der Waals surface area contributed by atoms with E-state index in [0.29, 0.717) is 23.4 Å². The molecule has 1 fully saturated rings. The van der Waals surface area contributed by atoms with Gasteiger partial charge in [0.1, 0.15) is 10.6 Å². The number of carbonyl (C=O) groups is 1. The van der Waals surface area contributed by atoms with E-state index in [1.165, 1.54) is 18.1 Å². The van der Waals surface area contributed by atoms with Crippen molar-refractivity contribution in [3.63, 3.8) is 0 Å². The van der Waals surface area contributed by atoms with Crippen LogP contribution in [0.1, 0.15) is 5.56 Å². The number of carbonyl (C=O) groups excluding carboxylic acids is 1. The van der Waals surface area contributed by atoms with Gasteiger partial charge in [-0.3, -0.25) is 4.79 Å². The minimum absolute atomic E-state index is 0.0691. The minimum Gasteiger partial charge on any atom is -0.496 e. The normalized spacial score (nSPS) is 15.5. The maximum absolute atomic E-state index is 13.9.